The van der Waals surface area contributed by atoms with Gasteiger partial charge in [-0.3, -0.25) is 9.69 Å². The third kappa shape index (κ3) is 5.75. The highest BCUT2D eigenvalue weighted by Gasteiger charge is 2.74. The van der Waals surface area contributed by atoms with E-state index in [1.165, 1.54) is 5.39 Å². The first kappa shape index (κ1) is 36.8. The van der Waals surface area contributed by atoms with E-state index in [9.17, 15) is 20.1 Å². The highest BCUT2D eigenvalue weighted by molar-refractivity contribution is 6.08. The van der Waals surface area contributed by atoms with E-state index in [1.807, 2.05) is 30.3 Å². The molecule has 3 aromatic carbocycles. The SMILES string of the molecule is C[C@]12CC[C@H]3[C@]4(C=C[C@@]5(C=C4C(=O)c4ccco4)CC(O)CC[C@]35C)[C@@H]1CC[C@@]2(O)CN(Cc1cccc2ccccc12)C[C@@H](O)COCc1ccccc1. The first-order valence-electron chi connectivity index (χ1n) is 20.4. The van der Waals surface area contributed by atoms with Crippen molar-refractivity contribution in [3.8, 4) is 0 Å². The van der Waals surface area contributed by atoms with Crippen molar-refractivity contribution in [3.05, 3.63) is 132 Å². The molecule has 0 radical (unpaired) electrons. The Labute approximate surface area is 324 Å². The maximum atomic E-state index is 14.6. The lowest BCUT2D eigenvalue weighted by molar-refractivity contribution is -0.177. The van der Waals surface area contributed by atoms with E-state index < -0.39 is 34.1 Å². The van der Waals surface area contributed by atoms with Crippen LogP contribution in [0.3, 0.4) is 0 Å². The molecule has 288 valence electrons. The monoisotopic (exact) mass is 741 g/mol. The fourth-order valence-electron chi connectivity index (χ4n) is 12.6. The second-order valence-electron chi connectivity index (χ2n) is 18.1. The lowest BCUT2D eigenvalue weighted by Crippen LogP contribution is -2.67. The Bertz CT molecular complexity index is 2110. The normalized spacial score (nSPS) is 35.3. The number of carbonyl (C=O) groups excluding carboxylic acids is 1. The van der Waals surface area contributed by atoms with Crippen molar-refractivity contribution < 1.29 is 29.3 Å². The molecule has 2 spiro atoms. The van der Waals surface area contributed by atoms with Crippen molar-refractivity contribution >= 4 is 16.6 Å². The van der Waals surface area contributed by atoms with Gasteiger partial charge < -0.3 is 24.5 Å². The summed E-state index contributed by atoms with van der Waals surface area (Å²) in [4.78, 5) is 16.9. The summed E-state index contributed by atoms with van der Waals surface area (Å²) >= 11 is 0. The second-order valence-corrected chi connectivity index (χ2v) is 18.1. The zero-order valence-electron chi connectivity index (χ0n) is 32.2. The second kappa shape index (κ2) is 13.7. The van der Waals surface area contributed by atoms with E-state index in [0.29, 0.717) is 44.8 Å². The Morgan fingerprint density at radius 1 is 0.891 bits per heavy atom. The molecule has 7 nitrogen and oxygen atoms in total. The first-order valence-corrected chi connectivity index (χ1v) is 20.4. The number of allylic oxidation sites excluding steroid dienone is 4. The minimum Gasteiger partial charge on any atom is -0.461 e. The third-order valence-corrected chi connectivity index (χ3v) is 15.4. The number of aliphatic hydroxyl groups excluding tert-OH is 2. The summed E-state index contributed by atoms with van der Waals surface area (Å²) in [5.74, 6) is 0.495. The molecule has 0 aliphatic heterocycles. The number of fused-ring (bicyclic) bond motifs is 2. The zero-order chi connectivity index (χ0) is 38.1. The Kier molecular flexibility index (Phi) is 9.14. The Balaban J connectivity index is 1.05. The van der Waals surface area contributed by atoms with E-state index in [1.54, 1.807) is 18.4 Å². The molecule has 7 heteroatoms. The molecule has 0 amide bonds. The molecule has 1 unspecified atom stereocenters. The Hall–Kier alpha value is -3.85. The maximum Gasteiger partial charge on any atom is 0.224 e. The molecule has 3 fully saturated rings. The van der Waals surface area contributed by atoms with Gasteiger partial charge in [0.15, 0.2) is 5.76 Å². The minimum atomic E-state index is -1.07. The van der Waals surface area contributed by atoms with E-state index in [-0.39, 0.29) is 29.6 Å². The Morgan fingerprint density at radius 2 is 1.64 bits per heavy atom. The Morgan fingerprint density at radius 3 is 2.45 bits per heavy atom. The number of hydrogen-bond acceptors (Lipinski definition) is 7. The summed E-state index contributed by atoms with van der Waals surface area (Å²) in [5.41, 5.74) is 0.350. The number of nitrogens with zero attached hydrogens (tertiary/aromatic N) is 1. The van der Waals surface area contributed by atoms with Crippen molar-refractivity contribution in [2.45, 2.75) is 89.8 Å². The number of Topliss-reactive ketones (excluding diaryl/α,β-unsaturated/α-hetero) is 1. The lowest BCUT2D eigenvalue weighted by Gasteiger charge is -2.71. The van der Waals surface area contributed by atoms with Crippen LogP contribution in [0.1, 0.15) is 80.5 Å². The van der Waals surface area contributed by atoms with Crippen LogP contribution in [0.15, 0.2) is 119 Å². The van der Waals surface area contributed by atoms with Gasteiger partial charge in [-0.15, -0.1) is 0 Å². The molecule has 6 aliphatic rings. The topological polar surface area (TPSA) is 103 Å². The molecule has 9 atom stereocenters. The van der Waals surface area contributed by atoms with Gasteiger partial charge >= 0.3 is 0 Å². The van der Waals surface area contributed by atoms with Crippen LogP contribution < -0.4 is 0 Å². The molecule has 55 heavy (non-hydrogen) atoms. The largest absolute Gasteiger partial charge is 0.461 e. The van der Waals surface area contributed by atoms with Gasteiger partial charge in [-0.25, -0.2) is 0 Å². The molecular weight excluding hydrogens is 687 g/mol. The number of aliphatic hydroxyl groups is 3. The molecule has 6 aliphatic carbocycles. The van der Waals surface area contributed by atoms with Gasteiger partial charge in [0, 0.05) is 41.5 Å². The number of ether oxygens (including phenoxy) is 1. The van der Waals surface area contributed by atoms with E-state index in [4.69, 9.17) is 9.15 Å². The minimum absolute atomic E-state index is 0.0191. The van der Waals surface area contributed by atoms with E-state index in [0.717, 1.165) is 54.2 Å². The van der Waals surface area contributed by atoms with Gasteiger partial charge in [0.05, 0.1) is 37.3 Å². The highest BCUT2D eigenvalue weighted by atomic mass is 16.5. The van der Waals surface area contributed by atoms with Crippen LogP contribution in [0.5, 0.6) is 0 Å². The van der Waals surface area contributed by atoms with Gasteiger partial charge in [-0.05, 0) is 96.2 Å². The molecular formula is C48H55NO6. The smallest absolute Gasteiger partial charge is 0.224 e. The number of rotatable bonds is 12. The average Bonchev–Trinajstić information content (AvgIpc) is 3.81. The molecule has 0 saturated heterocycles. The van der Waals surface area contributed by atoms with Crippen LogP contribution in [-0.4, -0.2) is 63.5 Å². The number of hydrogen-bond donors (Lipinski definition) is 3. The zero-order valence-corrected chi connectivity index (χ0v) is 32.2. The maximum absolute atomic E-state index is 14.6. The number of furan rings is 1. The molecule has 1 heterocycles. The predicted octanol–water partition coefficient (Wildman–Crippen LogP) is 8.29. The van der Waals surface area contributed by atoms with Crippen LogP contribution in [0.2, 0.25) is 0 Å². The predicted molar refractivity (Wildman–Crippen MR) is 213 cm³/mol. The van der Waals surface area contributed by atoms with Gasteiger partial charge in [0.1, 0.15) is 0 Å². The number of carbonyl (C=O) groups is 1. The molecule has 3 saturated carbocycles. The van der Waals surface area contributed by atoms with Crippen molar-refractivity contribution in [1.82, 2.24) is 4.90 Å². The molecule has 10 rings (SSSR count). The number of benzene rings is 3. The van der Waals surface area contributed by atoms with Crippen molar-refractivity contribution in [2.75, 3.05) is 19.7 Å². The van der Waals surface area contributed by atoms with Gasteiger partial charge in [-0.2, -0.15) is 0 Å². The van der Waals surface area contributed by atoms with Crippen molar-refractivity contribution in [1.29, 1.82) is 0 Å². The average molecular weight is 742 g/mol. The summed E-state index contributed by atoms with van der Waals surface area (Å²) < 4.78 is 11.8. The summed E-state index contributed by atoms with van der Waals surface area (Å²) in [6.45, 7) is 6.60. The van der Waals surface area contributed by atoms with Gasteiger partial charge in [0.25, 0.3) is 0 Å². The van der Waals surface area contributed by atoms with Crippen LogP contribution in [0.4, 0.5) is 0 Å². The summed E-state index contributed by atoms with van der Waals surface area (Å²) in [6, 6.07) is 28.3. The van der Waals surface area contributed by atoms with E-state index in [2.05, 4.69) is 79.4 Å². The fraction of sp³-hybridized carbons (Fsp3) is 0.479. The van der Waals surface area contributed by atoms with Gasteiger partial charge in [-0.1, -0.05) is 105 Å². The van der Waals surface area contributed by atoms with Crippen LogP contribution in [0.25, 0.3) is 10.8 Å². The third-order valence-electron chi connectivity index (χ3n) is 15.4. The number of ketones is 1. The van der Waals surface area contributed by atoms with E-state index >= 15 is 0 Å². The molecule has 1 aromatic heterocycles. The van der Waals surface area contributed by atoms with Crippen LogP contribution in [-0.2, 0) is 17.9 Å². The summed E-state index contributed by atoms with van der Waals surface area (Å²) in [5, 5.41) is 38.1. The van der Waals surface area contributed by atoms with Crippen molar-refractivity contribution in [2.24, 2.45) is 33.5 Å². The molecule has 2 bridgehead atoms. The lowest BCUT2D eigenvalue weighted by atomic mass is 9.32. The highest BCUT2D eigenvalue weighted by Crippen LogP contribution is 2.78. The van der Waals surface area contributed by atoms with Crippen LogP contribution in [0, 0.1) is 33.5 Å². The fourth-order valence-corrected chi connectivity index (χ4v) is 12.6. The summed E-state index contributed by atoms with van der Waals surface area (Å²) in [6.07, 6.45) is 12.7. The van der Waals surface area contributed by atoms with Crippen LogP contribution >= 0.6 is 0 Å². The molecule has 3 N–H and O–H groups in total. The molecule has 4 aromatic rings. The summed E-state index contributed by atoms with van der Waals surface area (Å²) in [7, 11) is 0. The first-order chi connectivity index (χ1) is 26.5. The quantitative estimate of drug-likeness (QED) is 0.0992. The van der Waals surface area contributed by atoms with Gasteiger partial charge in [0.2, 0.25) is 5.78 Å². The van der Waals surface area contributed by atoms with Crippen molar-refractivity contribution in [3.63, 3.8) is 0 Å². The standard InChI is InChI=1S/C48H55NO6/c1-44-20-17-36(50)26-46(44)23-24-48(39(27-46)43(52)40-16-9-25-55-40)41(44)18-21-45(2)42(48)19-22-47(45,53)32-49(28-35-14-8-13-34-12-6-7-15-38(34)35)29-37(51)31-54-30-33-10-4-3-5-11-33/h3-16,23-25,27,36-37,41-42,50-51,53H,17-22,26,28-32H2,1-2H3/t36?,37-,41-,42-,44-,45+,46+,47-,48-/m1/s1.